The van der Waals surface area contributed by atoms with Gasteiger partial charge in [0.15, 0.2) is 0 Å². The minimum Gasteiger partial charge on any atom is -0.258 e. The van der Waals surface area contributed by atoms with E-state index in [1.807, 2.05) is 0 Å². The van der Waals surface area contributed by atoms with Gasteiger partial charge in [-0.3, -0.25) is 10.1 Å². The van der Waals surface area contributed by atoms with Crippen molar-refractivity contribution in [3.05, 3.63) is 38.1 Å². The third-order valence-electron chi connectivity index (χ3n) is 1.44. The SMILES string of the molecule is O=[N+]([O-])c1cc(F)c(Br)c(CBr)c1. The van der Waals surface area contributed by atoms with Gasteiger partial charge in [0.2, 0.25) is 0 Å². The zero-order valence-electron chi connectivity index (χ0n) is 6.26. The summed E-state index contributed by atoms with van der Waals surface area (Å²) < 4.78 is 13.3. The highest BCUT2D eigenvalue weighted by Crippen LogP contribution is 2.27. The normalized spacial score (nSPS) is 10.1. The molecule has 0 amide bonds. The third-order valence-corrected chi connectivity index (χ3v) is 2.94. The number of benzene rings is 1. The highest BCUT2D eigenvalue weighted by atomic mass is 79.9. The molecule has 0 aliphatic rings. The molecule has 0 saturated heterocycles. The molecule has 0 spiro atoms. The number of nitro benzene ring substituents is 1. The summed E-state index contributed by atoms with van der Waals surface area (Å²) >= 11 is 6.10. The summed E-state index contributed by atoms with van der Waals surface area (Å²) in [5.74, 6) is -0.622. The summed E-state index contributed by atoms with van der Waals surface area (Å²) in [6, 6.07) is 2.21. The van der Waals surface area contributed by atoms with E-state index in [0.717, 1.165) is 6.07 Å². The van der Waals surface area contributed by atoms with Crippen molar-refractivity contribution in [2.45, 2.75) is 5.33 Å². The third kappa shape index (κ3) is 2.25. The molecule has 0 aromatic heterocycles. The van der Waals surface area contributed by atoms with Gasteiger partial charge in [0.25, 0.3) is 5.69 Å². The Bertz CT molecular complexity index is 357. The maximum atomic E-state index is 13.0. The van der Waals surface area contributed by atoms with E-state index in [0.29, 0.717) is 10.9 Å². The first kappa shape index (κ1) is 10.6. The summed E-state index contributed by atoms with van der Waals surface area (Å²) in [5.41, 5.74) is 0.279. The number of nitro groups is 1. The van der Waals surface area contributed by atoms with Crippen LogP contribution >= 0.6 is 31.9 Å². The molecule has 0 heterocycles. The molecule has 3 nitrogen and oxygen atoms in total. The van der Waals surface area contributed by atoms with Crippen LogP contribution in [0.3, 0.4) is 0 Å². The van der Waals surface area contributed by atoms with Crippen molar-refractivity contribution in [1.29, 1.82) is 0 Å². The summed E-state index contributed by atoms with van der Waals surface area (Å²) in [5, 5.41) is 10.7. The lowest BCUT2D eigenvalue weighted by Crippen LogP contribution is -1.93. The van der Waals surface area contributed by atoms with Crippen molar-refractivity contribution in [3.63, 3.8) is 0 Å². The first-order valence-corrected chi connectivity index (χ1v) is 5.16. The monoisotopic (exact) mass is 311 g/mol. The van der Waals surface area contributed by atoms with E-state index in [2.05, 4.69) is 31.9 Å². The van der Waals surface area contributed by atoms with Crippen molar-refractivity contribution in [2.75, 3.05) is 0 Å². The fourth-order valence-corrected chi connectivity index (χ4v) is 2.02. The Kier molecular flexibility index (Phi) is 3.38. The van der Waals surface area contributed by atoms with E-state index < -0.39 is 10.7 Å². The van der Waals surface area contributed by atoms with Gasteiger partial charge in [-0.2, -0.15) is 0 Å². The standard InChI is InChI=1S/C7H4Br2FNO2/c8-3-4-1-5(11(12)13)2-6(10)7(4)9/h1-2H,3H2. The number of nitrogens with zero attached hydrogens (tertiary/aromatic N) is 1. The number of alkyl halides is 1. The summed E-state index contributed by atoms with van der Waals surface area (Å²) in [7, 11) is 0. The lowest BCUT2D eigenvalue weighted by Gasteiger charge is -2.01. The van der Waals surface area contributed by atoms with Crippen LogP contribution in [0, 0.1) is 15.9 Å². The van der Waals surface area contributed by atoms with Gasteiger partial charge in [-0.25, -0.2) is 4.39 Å². The topological polar surface area (TPSA) is 43.1 Å². The summed E-state index contributed by atoms with van der Waals surface area (Å²) in [6.07, 6.45) is 0. The van der Waals surface area contributed by atoms with E-state index >= 15 is 0 Å². The minimum atomic E-state index is -0.623. The molecule has 0 bridgehead atoms. The second kappa shape index (κ2) is 4.15. The Morgan fingerprint density at radius 1 is 1.54 bits per heavy atom. The number of halogens is 3. The number of non-ortho nitro benzene ring substituents is 1. The van der Waals surface area contributed by atoms with Gasteiger partial charge in [-0.1, -0.05) is 15.9 Å². The number of hydrogen-bond donors (Lipinski definition) is 0. The van der Waals surface area contributed by atoms with Gasteiger partial charge in [-0.15, -0.1) is 0 Å². The lowest BCUT2D eigenvalue weighted by molar-refractivity contribution is -0.385. The van der Waals surface area contributed by atoms with Crippen LogP contribution in [-0.4, -0.2) is 4.92 Å². The average molecular weight is 313 g/mol. The second-order valence-corrected chi connectivity index (χ2v) is 3.65. The number of rotatable bonds is 2. The Morgan fingerprint density at radius 3 is 2.62 bits per heavy atom. The highest BCUT2D eigenvalue weighted by Gasteiger charge is 2.13. The van der Waals surface area contributed by atoms with Crippen LogP contribution < -0.4 is 0 Å². The molecular weight excluding hydrogens is 309 g/mol. The average Bonchev–Trinajstić information content (AvgIpc) is 2.09. The van der Waals surface area contributed by atoms with Crippen LogP contribution in [0.2, 0.25) is 0 Å². The van der Waals surface area contributed by atoms with Crippen LogP contribution in [0.15, 0.2) is 16.6 Å². The van der Waals surface area contributed by atoms with Crippen LogP contribution in [0.4, 0.5) is 10.1 Å². The number of hydrogen-bond acceptors (Lipinski definition) is 2. The molecule has 0 aliphatic carbocycles. The Balaban J connectivity index is 3.30. The Labute approximate surface area is 90.3 Å². The van der Waals surface area contributed by atoms with Crippen LogP contribution in [0.25, 0.3) is 0 Å². The largest absolute Gasteiger partial charge is 0.272 e. The maximum Gasteiger partial charge on any atom is 0.272 e. The maximum absolute atomic E-state index is 13.0. The first-order chi connectivity index (χ1) is 6.06. The van der Waals surface area contributed by atoms with Gasteiger partial charge < -0.3 is 0 Å². The molecule has 13 heavy (non-hydrogen) atoms. The minimum absolute atomic E-state index is 0.241. The van der Waals surface area contributed by atoms with Crippen LogP contribution in [-0.2, 0) is 5.33 Å². The van der Waals surface area contributed by atoms with E-state index in [-0.39, 0.29) is 10.2 Å². The van der Waals surface area contributed by atoms with Gasteiger partial charge in [0.05, 0.1) is 15.5 Å². The van der Waals surface area contributed by atoms with Crippen LogP contribution in [0.1, 0.15) is 5.56 Å². The van der Waals surface area contributed by atoms with Crippen molar-refractivity contribution in [1.82, 2.24) is 0 Å². The van der Waals surface area contributed by atoms with Crippen molar-refractivity contribution in [2.24, 2.45) is 0 Å². The molecule has 0 atom stereocenters. The van der Waals surface area contributed by atoms with E-state index in [1.54, 1.807) is 0 Å². The fraction of sp³-hybridized carbons (Fsp3) is 0.143. The van der Waals surface area contributed by atoms with E-state index in [9.17, 15) is 14.5 Å². The molecule has 0 aliphatic heterocycles. The van der Waals surface area contributed by atoms with E-state index in [1.165, 1.54) is 6.07 Å². The van der Waals surface area contributed by atoms with Crippen molar-refractivity contribution < 1.29 is 9.31 Å². The molecule has 0 radical (unpaired) electrons. The van der Waals surface area contributed by atoms with Crippen LogP contribution in [0.5, 0.6) is 0 Å². The zero-order valence-corrected chi connectivity index (χ0v) is 9.43. The molecule has 70 valence electrons. The van der Waals surface area contributed by atoms with Crippen molar-refractivity contribution >= 4 is 37.5 Å². The molecular formula is C7H4Br2FNO2. The molecule has 0 fully saturated rings. The van der Waals surface area contributed by atoms with Gasteiger partial charge >= 0.3 is 0 Å². The van der Waals surface area contributed by atoms with Gasteiger partial charge in [-0.05, 0) is 21.5 Å². The molecule has 1 rings (SSSR count). The molecule has 1 aromatic rings. The second-order valence-electron chi connectivity index (χ2n) is 2.29. The zero-order chi connectivity index (χ0) is 10.0. The van der Waals surface area contributed by atoms with Gasteiger partial charge in [0, 0.05) is 11.4 Å². The summed E-state index contributed by atoms with van der Waals surface area (Å²) in [4.78, 5) is 9.72. The molecule has 0 saturated carbocycles. The molecule has 6 heteroatoms. The van der Waals surface area contributed by atoms with Crippen molar-refractivity contribution in [3.8, 4) is 0 Å². The lowest BCUT2D eigenvalue weighted by atomic mass is 10.2. The predicted octanol–water partition coefficient (Wildman–Crippen LogP) is 3.39. The predicted molar refractivity (Wildman–Crippen MR) is 53.4 cm³/mol. The molecule has 1 aromatic carbocycles. The Hall–Kier alpha value is -0.490. The molecule has 0 N–H and O–H groups in total. The van der Waals surface area contributed by atoms with E-state index in [4.69, 9.17) is 0 Å². The summed E-state index contributed by atoms with van der Waals surface area (Å²) in [6.45, 7) is 0. The van der Waals surface area contributed by atoms with Gasteiger partial charge in [0.1, 0.15) is 5.82 Å². The smallest absolute Gasteiger partial charge is 0.258 e. The Morgan fingerprint density at radius 2 is 2.15 bits per heavy atom. The highest BCUT2D eigenvalue weighted by molar-refractivity contribution is 9.10. The quantitative estimate of drug-likeness (QED) is 0.477. The fourth-order valence-electron chi connectivity index (χ4n) is 0.833. The molecule has 0 unspecified atom stereocenters. The first-order valence-electron chi connectivity index (χ1n) is 3.24.